The molecule has 1 heterocycles. The molecule has 6 nitrogen and oxygen atoms in total. The number of benzene rings is 1. The molecule has 0 saturated carbocycles. The predicted octanol–water partition coefficient (Wildman–Crippen LogP) is 2.51. The molecule has 0 fully saturated rings. The second kappa shape index (κ2) is 6.77. The van der Waals surface area contributed by atoms with Gasteiger partial charge < -0.3 is 9.15 Å². The van der Waals surface area contributed by atoms with Gasteiger partial charge in [0.05, 0.1) is 12.5 Å². The molecule has 0 aliphatic rings. The first-order valence-electron chi connectivity index (χ1n) is 6.12. The van der Waals surface area contributed by atoms with Crippen LogP contribution in [0.5, 0.6) is 5.75 Å². The van der Waals surface area contributed by atoms with Crippen LogP contribution in [-0.2, 0) is 4.79 Å². The summed E-state index contributed by atoms with van der Waals surface area (Å²) in [5, 5.41) is 3.17. The van der Waals surface area contributed by atoms with E-state index in [4.69, 9.17) is 9.15 Å². The number of ether oxygens (including phenoxy) is 1. The number of carbonyl (C=O) groups is 2. The number of hydrazone groups is 1. The van der Waals surface area contributed by atoms with Crippen molar-refractivity contribution in [3.8, 4) is 5.75 Å². The third-order valence-corrected chi connectivity index (χ3v) is 2.45. The predicted molar refractivity (Wildman–Crippen MR) is 71.9 cm³/mol. The monoisotopic (exact) mass is 326 g/mol. The second-order valence-electron chi connectivity index (χ2n) is 4.13. The number of halogens is 3. The highest BCUT2D eigenvalue weighted by atomic mass is 19.4. The van der Waals surface area contributed by atoms with E-state index in [1.165, 1.54) is 48.1 Å². The van der Waals surface area contributed by atoms with Crippen molar-refractivity contribution in [2.45, 2.75) is 6.18 Å². The van der Waals surface area contributed by atoms with Crippen LogP contribution in [0.1, 0.15) is 16.1 Å². The number of nitrogens with one attached hydrogen (secondary N) is 1. The largest absolute Gasteiger partial charge is 0.473 e. The van der Waals surface area contributed by atoms with Gasteiger partial charge in [-0.1, -0.05) is 0 Å². The highest BCUT2D eigenvalue weighted by Gasteiger charge is 2.38. The quantitative estimate of drug-likeness (QED) is 0.405. The third kappa shape index (κ3) is 4.70. The molecule has 0 saturated heterocycles. The molecule has 1 aromatic carbocycles. The summed E-state index contributed by atoms with van der Waals surface area (Å²) in [5.74, 6) is -2.61. The summed E-state index contributed by atoms with van der Waals surface area (Å²) in [6, 6.07) is 8.67. The lowest BCUT2D eigenvalue weighted by Crippen LogP contribution is -2.33. The fourth-order valence-corrected chi connectivity index (χ4v) is 1.40. The Morgan fingerprint density at radius 1 is 1.17 bits per heavy atom. The maximum Gasteiger partial charge on any atom is 0.473 e. The van der Waals surface area contributed by atoms with Crippen molar-refractivity contribution in [2.75, 3.05) is 0 Å². The summed E-state index contributed by atoms with van der Waals surface area (Å²) in [6.07, 6.45) is -2.66. The average molecular weight is 326 g/mol. The van der Waals surface area contributed by atoms with Gasteiger partial charge >= 0.3 is 18.1 Å². The molecule has 0 radical (unpaired) electrons. The lowest BCUT2D eigenvalue weighted by molar-refractivity contribution is -0.173. The number of amides is 1. The molecule has 2 rings (SSSR count). The van der Waals surface area contributed by atoms with Gasteiger partial charge in [-0.25, -0.2) is 10.2 Å². The van der Waals surface area contributed by atoms with Crippen LogP contribution in [0.2, 0.25) is 0 Å². The molecule has 1 N–H and O–H groups in total. The Hall–Kier alpha value is -3.10. The van der Waals surface area contributed by atoms with Crippen LogP contribution in [-0.4, -0.2) is 24.3 Å². The van der Waals surface area contributed by atoms with Crippen LogP contribution in [0.4, 0.5) is 13.2 Å². The topological polar surface area (TPSA) is 80.9 Å². The van der Waals surface area contributed by atoms with Crippen LogP contribution in [0.15, 0.2) is 52.2 Å². The van der Waals surface area contributed by atoms with Gasteiger partial charge in [0, 0.05) is 0 Å². The number of furan rings is 1. The summed E-state index contributed by atoms with van der Waals surface area (Å²) in [7, 11) is 0. The van der Waals surface area contributed by atoms with Crippen molar-refractivity contribution in [1.82, 2.24) is 5.43 Å². The Bertz CT molecular complexity index is 707. The summed E-state index contributed by atoms with van der Waals surface area (Å²) >= 11 is 0. The molecule has 120 valence electrons. The molecule has 1 aromatic heterocycles. The third-order valence-electron chi connectivity index (χ3n) is 2.45. The van der Waals surface area contributed by atoms with E-state index >= 15 is 0 Å². The molecule has 0 unspecified atom stereocenters. The molecule has 9 heteroatoms. The Morgan fingerprint density at radius 3 is 2.43 bits per heavy atom. The average Bonchev–Trinajstić information content (AvgIpc) is 3.02. The van der Waals surface area contributed by atoms with E-state index in [0.717, 1.165) is 6.21 Å². The van der Waals surface area contributed by atoms with Gasteiger partial charge in [-0.2, -0.15) is 18.3 Å². The molecule has 0 bridgehead atoms. The van der Waals surface area contributed by atoms with E-state index in [0.29, 0.717) is 5.56 Å². The molecule has 1 amide bonds. The molecular weight excluding hydrogens is 317 g/mol. The summed E-state index contributed by atoms with van der Waals surface area (Å²) < 4.78 is 45.6. The number of nitrogens with zero attached hydrogens (tertiary/aromatic N) is 1. The Kier molecular flexibility index (Phi) is 4.79. The van der Waals surface area contributed by atoms with Crippen LogP contribution in [0, 0.1) is 0 Å². The van der Waals surface area contributed by atoms with Gasteiger partial charge in [0.2, 0.25) is 5.76 Å². The maximum absolute atomic E-state index is 11.9. The Morgan fingerprint density at radius 2 is 1.87 bits per heavy atom. The van der Waals surface area contributed by atoms with Crippen molar-refractivity contribution in [3.05, 3.63) is 54.0 Å². The lowest BCUT2D eigenvalue weighted by atomic mass is 10.2. The fourth-order valence-electron chi connectivity index (χ4n) is 1.40. The molecular formula is C14H9F3N2O4. The molecule has 0 spiro atoms. The molecule has 0 aliphatic heterocycles. The van der Waals surface area contributed by atoms with Gasteiger partial charge in [0.15, 0.2) is 0 Å². The van der Waals surface area contributed by atoms with E-state index in [2.05, 4.69) is 5.10 Å². The van der Waals surface area contributed by atoms with Crippen molar-refractivity contribution < 1.29 is 31.9 Å². The minimum absolute atomic E-state index is 0.0329. The number of alkyl halides is 3. The van der Waals surface area contributed by atoms with E-state index < -0.39 is 18.1 Å². The summed E-state index contributed by atoms with van der Waals surface area (Å²) in [4.78, 5) is 22.1. The van der Waals surface area contributed by atoms with Crippen molar-refractivity contribution in [2.24, 2.45) is 5.10 Å². The van der Waals surface area contributed by atoms with E-state index in [1.54, 1.807) is 0 Å². The number of esters is 1. The molecule has 0 aliphatic carbocycles. The molecule has 23 heavy (non-hydrogen) atoms. The second-order valence-corrected chi connectivity index (χ2v) is 4.13. The normalized spacial score (nSPS) is 11.4. The smallest absolute Gasteiger partial charge is 0.457 e. The van der Waals surface area contributed by atoms with Crippen LogP contribution < -0.4 is 10.2 Å². The minimum atomic E-state index is -5.00. The SMILES string of the molecule is O=C(Oc1ccc(/C=N\NC(=O)C(F)(F)F)cc1)c1ccco1. The first kappa shape index (κ1) is 16.3. The number of carbonyl (C=O) groups excluding carboxylic acids is 2. The zero-order valence-electron chi connectivity index (χ0n) is 11.3. The summed E-state index contributed by atoms with van der Waals surface area (Å²) in [5.41, 5.74) is 1.74. The van der Waals surface area contributed by atoms with Crippen LogP contribution >= 0.6 is 0 Å². The highest BCUT2D eigenvalue weighted by molar-refractivity contribution is 5.88. The van der Waals surface area contributed by atoms with E-state index in [-0.39, 0.29) is 11.5 Å². The van der Waals surface area contributed by atoms with Crippen LogP contribution in [0.25, 0.3) is 0 Å². The minimum Gasteiger partial charge on any atom is -0.457 e. The van der Waals surface area contributed by atoms with Crippen LogP contribution in [0.3, 0.4) is 0 Å². The van der Waals surface area contributed by atoms with E-state index in [1.807, 2.05) is 0 Å². The fraction of sp³-hybridized carbons (Fsp3) is 0.0714. The van der Waals surface area contributed by atoms with Crippen molar-refractivity contribution in [3.63, 3.8) is 0 Å². The zero-order chi connectivity index (χ0) is 16.9. The first-order chi connectivity index (χ1) is 10.9. The Labute approximate surface area is 127 Å². The summed E-state index contributed by atoms with van der Waals surface area (Å²) in [6.45, 7) is 0. The first-order valence-corrected chi connectivity index (χ1v) is 6.12. The number of hydrogen-bond donors (Lipinski definition) is 1. The maximum atomic E-state index is 11.9. The van der Waals surface area contributed by atoms with Gasteiger partial charge in [-0.05, 0) is 42.0 Å². The zero-order valence-corrected chi connectivity index (χ0v) is 11.3. The van der Waals surface area contributed by atoms with Gasteiger partial charge in [0.1, 0.15) is 5.75 Å². The molecule has 0 atom stereocenters. The number of hydrogen-bond acceptors (Lipinski definition) is 5. The Balaban J connectivity index is 1.92. The van der Waals surface area contributed by atoms with Gasteiger partial charge in [-0.3, -0.25) is 4.79 Å². The van der Waals surface area contributed by atoms with Crippen molar-refractivity contribution in [1.29, 1.82) is 0 Å². The lowest BCUT2D eigenvalue weighted by Gasteiger charge is -2.03. The van der Waals surface area contributed by atoms with Gasteiger partial charge in [-0.15, -0.1) is 0 Å². The van der Waals surface area contributed by atoms with Gasteiger partial charge in [0.25, 0.3) is 0 Å². The highest BCUT2D eigenvalue weighted by Crippen LogP contribution is 2.15. The number of rotatable bonds is 4. The molecule has 2 aromatic rings. The van der Waals surface area contributed by atoms with Crippen molar-refractivity contribution >= 4 is 18.1 Å². The standard InChI is InChI=1S/C14H9F3N2O4/c15-14(16,17)13(21)19-18-8-9-3-5-10(6-4-9)23-12(20)11-2-1-7-22-11/h1-8H,(H,19,21)/b18-8-. The van der Waals surface area contributed by atoms with E-state index in [9.17, 15) is 22.8 Å².